The van der Waals surface area contributed by atoms with E-state index in [2.05, 4.69) is 27.2 Å². The van der Waals surface area contributed by atoms with Crippen LogP contribution in [0.1, 0.15) is 37.2 Å². The second-order valence-electron chi connectivity index (χ2n) is 6.01. The molecule has 2 aliphatic rings. The number of H-pyrrole nitrogens is 1. The highest BCUT2D eigenvalue weighted by Gasteiger charge is 2.37. The van der Waals surface area contributed by atoms with Gasteiger partial charge in [0.2, 0.25) is 0 Å². The molecule has 0 aliphatic carbocycles. The van der Waals surface area contributed by atoms with Gasteiger partial charge in [0.1, 0.15) is 5.82 Å². The van der Waals surface area contributed by atoms with Gasteiger partial charge in [0.25, 0.3) is 0 Å². The van der Waals surface area contributed by atoms with Crippen LogP contribution in [-0.4, -0.2) is 40.5 Å². The van der Waals surface area contributed by atoms with Crippen molar-refractivity contribution < 1.29 is 0 Å². The van der Waals surface area contributed by atoms with Crippen molar-refractivity contribution in [3.8, 4) is 0 Å². The van der Waals surface area contributed by atoms with Crippen LogP contribution in [0, 0.1) is 12.8 Å². The number of aryl methyl sites for hydroxylation is 1. The Hall–Kier alpha value is -0.870. The lowest BCUT2D eigenvalue weighted by atomic mass is 9.91. The molecule has 4 heteroatoms. The van der Waals surface area contributed by atoms with Crippen LogP contribution in [-0.2, 0) is 6.54 Å². The molecular weight excluding hydrogens is 224 g/mol. The van der Waals surface area contributed by atoms with Gasteiger partial charge >= 0.3 is 0 Å². The van der Waals surface area contributed by atoms with Gasteiger partial charge in [0, 0.05) is 30.5 Å². The fourth-order valence-corrected chi connectivity index (χ4v) is 3.66. The first-order valence-electron chi connectivity index (χ1n) is 7.15. The zero-order valence-corrected chi connectivity index (χ0v) is 11.4. The lowest BCUT2D eigenvalue weighted by molar-refractivity contribution is 0.133. The Morgan fingerprint density at radius 2 is 2.11 bits per heavy atom. The van der Waals surface area contributed by atoms with Crippen molar-refractivity contribution in [2.24, 2.45) is 5.92 Å². The molecule has 2 atom stereocenters. The summed E-state index contributed by atoms with van der Waals surface area (Å²) in [6.07, 6.45) is 7.51. The van der Waals surface area contributed by atoms with Crippen LogP contribution >= 0.6 is 0 Å². The van der Waals surface area contributed by atoms with Gasteiger partial charge in [-0.2, -0.15) is 0 Å². The topological polar surface area (TPSA) is 44.0 Å². The van der Waals surface area contributed by atoms with E-state index in [4.69, 9.17) is 0 Å². The Bertz CT molecular complexity index is 386. The number of aromatic amines is 1. The van der Waals surface area contributed by atoms with Crippen LogP contribution in [0.2, 0.25) is 0 Å². The summed E-state index contributed by atoms with van der Waals surface area (Å²) in [4.78, 5) is 10.1. The molecule has 3 heterocycles. The molecule has 2 N–H and O–H groups in total. The van der Waals surface area contributed by atoms with E-state index in [-0.39, 0.29) is 0 Å². The fraction of sp³-hybridized carbons (Fsp3) is 0.786. The molecule has 0 spiro atoms. The van der Waals surface area contributed by atoms with Gasteiger partial charge in [-0.3, -0.25) is 0 Å². The summed E-state index contributed by atoms with van der Waals surface area (Å²) < 4.78 is 0. The highest BCUT2D eigenvalue weighted by atomic mass is 15.2. The lowest BCUT2D eigenvalue weighted by Crippen LogP contribution is -2.42. The van der Waals surface area contributed by atoms with E-state index in [1.54, 1.807) is 0 Å². The van der Waals surface area contributed by atoms with Crippen molar-refractivity contribution in [1.82, 2.24) is 20.2 Å². The smallest absolute Gasteiger partial charge is 0.103 e. The Kier molecular flexibility index (Phi) is 3.39. The third-order valence-corrected chi connectivity index (χ3v) is 4.70. The highest BCUT2D eigenvalue weighted by molar-refractivity contribution is 4.99. The van der Waals surface area contributed by atoms with Crippen LogP contribution in [0.5, 0.6) is 0 Å². The minimum Gasteiger partial charge on any atom is -0.345 e. The number of nitrogens with zero attached hydrogens (tertiary/aromatic N) is 2. The first-order chi connectivity index (χ1) is 8.72. The third-order valence-electron chi connectivity index (χ3n) is 4.70. The molecule has 4 nitrogen and oxygen atoms in total. The predicted molar refractivity (Wildman–Crippen MR) is 72.3 cm³/mol. The van der Waals surface area contributed by atoms with E-state index < -0.39 is 0 Å². The van der Waals surface area contributed by atoms with E-state index in [9.17, 15) is 0 Å². The SMILES string of the molecule is Cc1ncc(CNCC2CC3CCC(C2)N3C)[nH]1. The summed E-state index contributed by atoms with van der Waals surface area (Å²) in [6, 6.07) is 1.70. The van der Waals surface area contributed by atoms with Gasteiger partial charge in [-0.15, -0.1) is 0 Å². The molecule has 1 aromatic heterocycles. The van der Waals surface area contributed by atoms with Crippen molar-refractivity contribution in [3.05, 3.63) is 17.7 Å². The molecule has 100 valence electrons. The number of piperidine rings is 1. The average Bonchev–Trinajstić information content (AvgIpc) is 2.82. The zero-order chi connectivity index (χ0) is 12.5. The minimum absolute atomic E-state index is 0.852. The van der Waals surface area contributed by atoms with Gasteiger partial charge in [0.15, 0.2) is 0 Å². The zero-order valence-electron chi connectivity index (χ0n) is 11.4. The van der Waals surface area contributed by atoms with Crippen LogP contribution < -0.4 is 5.32 Å². The Morgan fingerprint density at radius 1 is 1.39 bits per heavy atom. The van der Waals surface area contributed by atoms with E-state index >= 15 is 0 Å². The molecule has 2 fully saturated rings. The van der Waals surface area contributed by atoms with E-state index in [1.807, 2.05) is 13.1 Å². The van der Waals surface area contributed by atoms with Gasteiger partial charge in [0.05, 0.1) is 0 Å². The van der Waals surface area contributed by atoms with Crippen molar-refractivity contribution in [2.45, 2.75) is 51.2 Å². The molecule has 2 bridgehead atoms. The van der Waals surface area contributed by atoms with Gasteiger partial charge in [-0.05, 0) is 52.1 Å². The van der Waals surface area contributed by atoms with Crippen LogP contribution in [0.15, 0.2) is 6.20 Å². The monoisotopic (exact) mass is 248 g/mol. The van der Waals surface area contributed by atoms with Crippen LogP contribution in [0.4, 0.5) is 0 Å². The molecule has 2 aliphatic heterocycles. The highest BCUT2D eigenvalue weighted by Crippen LogP contribution is 2.36. The van der Waals surface area contributed by atoms with Gasteiger partial charge in [-0.25, -0.2) is 4.98 Å². The fourth-order valence-electron chi connectivity index (χ4n) is 3.66. The Morgan fingerprint density at radius 3 is 2.72 bits per heavy atom. The van der Waals surface area contributed by atoms with E-state index in [0.29, 0.717) is 0 Å². The first-order valence-corrected chi connectivity index (χ1v) is 7.15. The number of nitrogens with one attached hydrogen (secondary N) is 2. The average molecular weight is 248 g/mol. The van der Waals surface area contributed by atoms with Crippen molar-refractivity contribution >= 4 is 0 Å². The summed E-state index contributed by atoms with van der Waals surface area (Å²) in [5.74, 6) is 1.87. The van der Waals surface area contributed by atoms with Crippen LogP contribution in [0.25, 0.3) is 0 Å². The van der Waals surface area contributed by atoms with Crippen molar-refractivity contribution in [2.75, 3.05) is 13.6 Å². The normalized spacial score (nSPS) is 32.0. The molecule has 3 rings (SSSR count). The van der Waals surface area contributed by atoms with Crippen LogP contribution in [0.3, 0.4) is 0 Å². The maximum absolute atomic E-state index is 4.22. The lowest BCUT2D eigenvalue weighted by Gasteiger charge is -2.36. The second kappa shape index (κ2) is 5.02. The molecule has 2 saturated heterocycles. The molecule has 0 radical (unpaired) electrons. The van der Waals surface area contributed by atoms with Crippen molar-refractivity contribution in [1.29, 1.82) is 0 Å². The number of rotatable bonds is 4. The summed E-state index contributed by atoms with van der Waals surface area (Å²) in [6.45, 7) is 4.07. The maximum Gasteiger partial charge on any atom is 0.103 e. The molecule has 0 amide bonds. The summed E-state index contributed by atoms with van der Waals surface area (Å²) >= 11 is 0. The predicted octanol–water partition coefficient (Wildman–Crippen LogP) is 1.68. The standard InChI is InChI=1S/C14H24N4/c1-10-16-9-12(17-10)8-15-7-11-5-13-3-4-14(6-11)18(13)2/h9,11,13-15H,3-8H2,1-2H3,(H,16,17). The Labute approximate surface area is 109 Å². The maximum atomic E-state index is 4.22. The largest absolute Gasteiger partial charge is 0.345 e. The number of aromatic nitrogens is 2. The van der Waals surface area contributed by atoms with Gasteiger partial charge < -0.3 is 15.2 Å². The third kappa shape index (κ3) is 2.45. The summed E-state index contributed by atoms with van der Waals surface area (Å²) in [5.41, 5.74) is 1.20. The number of imidazole rings is 1. The minimum atomic E-state index is 0.852. The second-order valence-corrected chi connectivity index (χ2v) is 6.01. The Balaban J connectivity index is 1.44. The number of hydrogen-bond acceptors (Lipinski definition) is 3. The number of hydrogen-bond donors (Lipinski definition) is 2. The first kappa shape index (κ1) is 12.2. The summed E-state index contributed by atoms with van der Waals surface area (Å²) in [5, 5.41) is 3.58. The van der Waals surface area contributed by atoms with Crippen molar-refractivity contribution in [3.63, 3.8) is 0 Å². The number of fused-ring (bicyclic) bond motifs is 2. The molecular formula is C14H24N4. The molecule has 18 heavy (non-hydrogen) atoms. The molecule has 0 saturated carbocycles. The molecule has 2 unspecified atom stereocenters. The quantitative estimate of drug-likeness (QED) is 0.852. The molecule has 0 aromatic carbocycles. The summed E-state index contributed by atoms with van der Waals surface area (Å²) in [7, 11) is 2.30. The van der Waals surface area contributed by atoms with Gasteiger partial charge in [-0.1, -0.05) is 0 Å². The van der Waals surface area contributed by atoms with E-state index in [0.717, 1.165) is 36.9 Å². The van der Waals surface area contributed by atoms with E-state index in [1.165, 1.54) is 31.4 Å². The molecule has 1 aromatic rings.